The largest absolute Gasteiger partial charge is 0.399 e. The Morgan fingerprint density at radius 3 is 1.95 bits per heavy atom. The van der Waals surface area contributed by atoms with Crippen LogP contribution in [0.15, 0.2) is 36.4 Å². The lowest BCUT2D eigenvalue weighted by Crippen LogP contribution is -2.21. The number of anilines is 2. The van der Waals surface area contributed by atoms with Gasteiger partial charge in [-0.3, -0.25) is 0 Å². The Morgan fingerprint density at radius 2 is 1.52 bits per heavy atom. The number of nitrogen functional groups attached to an aromatic ring is 2. The predicted molar refractivity (Wildman–Crippen MR) is 87.7 cm³/mol. The first-order chi connectivity index (χ1) is 9.62. The first-order valence-corrected chi connectivity index (χ1v) is 6.76. The van der Waals surface area contributed by atoms with E-state index in [-0.39, 0.29) is 0 Å². The van der Waals surface area contributed by atoms with Gasteiger partial charge in [-0.05, 0) is 57.0 Å². The van der Waals surface area contributed by atoms with E-state index < -0.39 is 5.79 Å². The van der Waals surface area contributed by atoms with Gasteiger partial charge in [-0.2, -0.15) is 0 Å². The summed E-state index contributed by atoms with van der Waals surface area (Å²) in [6.07, 6.45) is 0. The van der Waals surface area contributed by atoms with Crippen LogP contribution in [0.3, 0.4) is 0 Å². The molecule has 21 heavy (non-hydrogen) atoms. The average molecular weight is 288 g/mol. The fraction of sp³-hybridized carbons (Fsp3) is 0.294. The molecule has 0 fully saturated rings. The van der Waals surface area contributed by atoms with Crippen LogP contribution in [0.5, 0.6) is 0 Å². The van der Waals surface area contributed by atoms with E-state index in [1.54, 1.807) is 12.1 Å². The SMILES string of the molecule is Cc1ccc(N)c(C(C)(O)O)c1.Cc1cccc(N)c1C. The van der Waals surface area contributed by atoms with Gasteiger partial charge in [0, 0.05) is 16.9 Å². The molecule has 0 amide bonds. The molecule has 0 bridgehead atoms. The topological polar surface area (TPSA) is 92.5 Å². The molecule has 4 nitrogen and oxygen atoms in total. The van der Waals surface area contributed by atoms with Gasteiger partial charge in [-0.15, -0.1) is 0 Å². The number of hydrogen-bond donors (Lipinski definition) is 4. The molecular formula is C17H24N2O2. The van der Waals surface area contributed by atoms with E-state index in [0.29, 0.717) is 11.3 Å². The zero-order chi connectivity index (χ0) is 16.2. The highest BCUT2D eigenvalue weighted by Gasteiger charge is 2.21. The average Bonchev–Trinajstić information content (AvgIpc) is 2.38. The van der Waals surface area contributed by atoms with Crippen molar-refractivity contribution in [2.24, 2.45) is 0 Å². The molecule has 0 unspecified atom stereocenters. The highest BCUT2D eigenvalue weighted by Crippen LogP contribution is 2.24. The van der Waals surface area contributed by atoms with Crippen LogP contribution in [0.4, 0.5) is 11.4 Å². The van der Waals surface area contributed by atoms with Crippen molar-refractivity contribution in [2.45, 2.75) is 33.5 Å². The van der Waals surface area contributed by atoms with Crippen molar-refractivity contribution in [3.8, 4) is 0 Å². The molecule has 2 rings (SSSR count). The number of benzene rings is 2. The first-order valence-electron chi connectivity index (χ1n) is 6.76. The van der Waals surface area contributed by atoms with E-state index in [0.717, 1.165) is 11.3 Å². The fourth-order valence-corrected chi connectivity index (χ4v) is 1.85. The van der Waals surface area contributed by atoms with Crippen molar-refractivity contribution < 1.29 is 10.2 Å². The molecular weight excluding hydrogens is 264 g/mol. The van der Waals surface area contributed by atoms with Gasteiger partial charge in [0.2, 0.25) is 0 Å². The van der Waals surface area contributed by atoms with Gasteiger partial charge in [-0.1, -0.05) is 23.8 Å². The van der Waals surface area contributed by atoms with Crippen molar-refractivity contribution >= 4 is 11.4 Å². The molecule has 0 atom stereocenters. The maximum absolute atomic E-state index is 9.27. The van der Waals surface area contributed by atoms with Crippen molar-refractivity contribution in [1.82, 2.24) is 0 Å². The number of aliphatic hydroxyl groups is 2. The molecule has 0 aliphatic rings. The van der Waals surface area contributed by atoms with Gasteiger partial charge in [0.25, 0.3) is 0 Å². The van der Waals surface area contributed by atoms with Gasteiger partial charge in [0.15, 0.2) is 5.79 Å². The Hall–Kier alpha value is -2.04. The van der Waals surface area contributed by atoms with Gasteiger partial charge in [0.05, 0.1) is 0 Å². The number of rotatable bonds is 1. The van der Waals surface area contributed by atoms with E-state index in [1.165, 1.54) is 18.1 Å². The Balaban J connectivity index is 0.000000219. The lowest BCUT2D eigenvalue weighted by Gasteiger charge is -2.18. The summed E-state index contributed by atoms with van der Waals surface area (Å²) in [7, 11) is 0. The molecule has 0 heterocycles. The molecule has 0 saturated heterocycles. The minimum absolute atomic E-state index is 0.350. The van der Waals surface area contributed by atoms with Gasteiger partial charge >= 0.3 is 0 Å². The van der Waals surface area contributed by atoms with Crippen LogP contribution in [-0.4, -0.2) is 10.2 Å². The van der Waals surface area contributed by atoms with E-state index in [9.17, 15) is 10.2 Å². The van der Waals surface area contributed by atoms with Crippen molar-refractivity contribution in [3.05, 3.63) is 58.7 Å². The molecule has 0 saturated carbocycles. The summed E-state index contributed by atoms with van der Waals surface area (Å²) in [4.78, 5) is 0. The van der Waals surface area contributed by atoms with E-state index in [1.807, 2.05) is 32.0 Å². The molecule has 0 spiro atoms. The molecule has 2 aromatic carbocycles. The van der Waals surface area contributed by atoms with Crippen molar-refractivity contribution in [3.63, 3.8) is 0 Å². The van der Waals surface area contributed by atoms with Crippen LogP contribution in [0, 0.1) is 20.8 Å². The van der Waals surface area contributed by atoms with E-state index in [2.05, 4.69) is 13.0 Å². The van der Waals surface area contributed by atoms with Gasteiger partial charge in [0.1, 0.15) is 0 Å². The molecule has 4 heteroatoms. The second kappa shape index (κ2) is 6.61. The summed E-state index contributed by atoms with van der Waals surface area (Å²) in [6.45, 7) is 7.25. The summed E-state index contributed by atoms with van der Waals surface area (Å²) >= 11 is 0. The lowest BCUT2D eigenvalue weighted by atomic mass is 10.0. The van der Waals surface area contributed by atoms with Crippen LogP contribution in [0.2, 0.25) is 0 Å². The number of hydrogen-bond acceptors (Lipinski definition) is 4. The highest BCUT2D eigenvalue weighted by molar-refractivity contribution is 5.50. The summed E-state index contributed by atoms with van der Waals surface area (Å²) in [5, 5.41) is 18.5. The summed E-state index contributed by atoms with van der Waals surface area (Å²) in [5.74, 6) is -1.85. The maximum Gasteiger partial charge on any atom is 0.188 e. The van der Waals surface area contributed by atoms with Gasteiger partial charge in [-0.25, -0.2) is 0 Å². The van der Waals surface area contributed by atoms with Crippen molar-refractivity contribution in [1.29, 1.82) is 0 Å². The quantitative estimate of drug-likeness (QED) is 0.479. The number of aryl methyl sites for hydroxylation is 2. The Labute approximate surface area is 126 Å². The Kier molecular flexibility index (Phi) is 5.35. The second-order valence-electron chi connectivity index (χ2n) is 5.40. The van der Waals surface area contributed by atoms with Gasteiger partial charge < -0.3 is 21.7 Å². The Morgan fingerprint density at radius 1 is 0.905 bits per heavy atom. The third-order valence-corrected chi connectivity index (χ3v) is 3.37. The molecule has 2 aromatic rings. The molecule has 0 aromatic heterocycles. The molecule has 0 radical (unpaired) electrons. The summed E-state index contributed by atoms with van der Waals surface area (Å²) < 4.78 is 0. The molecule has 114 valence electrons. The lowest BCUT2D eigenvalue weighted by molar-refractivity contribution is -0.152. The standard InChI is InChI=1S/C9H13NO2.C8H11N/c1-6-3-4-8(10)7(5-6)9(2,11)12;1-6-4-3-5-8(9)7(6)2/h3-5,11-12H,10H2,1-2H3;3-5H,9H2,1-2H3. The van der Waals surface area contributed by atoms with Crippen LogP contribution >= 0.6 is 0 Å². The normalized spacial score (nSPS) is 10.8. The second-order valence-corrected chi connectivity index (χ2v) is 5.40. The third-order valence-electron chi connectivity index (χ3n) is 3.37. The van der Waals surface area contributed by atoms with E-state index >= 15 is 0 Å². The number of nitrogens with two attached hydrogens (primary N) is 2. The zero-order valence-corrected chi connectivity index (χ0v) is 13.0. The first kappa shape index (κ1) is 17.0. The Bertz CT molecular complexity index is 596. The van der Waals surface area contributed by atoms with E-state index in [4.69, 9.17) is 11.5 Å². The molecule has 0 aliphatic carbocycles. The predicted octanol–water partition coefficient (Wildman–Crippen LogP) is 2.62. The van der Waals surface area contributed by atoms with Crippen LogP contribution < -0.4 is 11.5 Å². The smallest absolute Gasteiger partial charge is 0.188 e. The third kappa shape index (κ3) is 4.77. The zero-order valence-electron chi connectivity index (χ0n) is 13.0. The minimum Gasteiger partial charge on any atom is -0.399 e. The molecule has 6 N–H and O–H groups in total. The van der Waals surface area contributed by atoms with Crippen LogP contribution in [0.1, 0.15) is 29.2 Å². The maximum atomic E-state index is 9.27. The van der Waals surface area contributed by atoms with Crippen LogP contribution in [-0.2, 0) is 5.79 Å². The summed E-state index contributed by atoms with van der Waals surface area (Å²) in [5.41, 5.74) is 16.2. The van der Waals surface area contributed by atoms with Crippen LogP contribution in [0.25, 0.3) is 0 Å². The minimum atomic E-state index is -1.85. The monoisotopic (exact) mass is 288 g/mol. The van der Waals surface area contributed by atoms with Crippen molar-refractivity contribution in [2.75, 3.05) is 11.5 Å². The highest BCUT2D eigenvalue weighted by atomic mass is 16.5. The summed E-state index contributed by atoms with van der Waals surface area (Å²) in [6, 6.07) is 11.1. The molecule has 0 aliphatic heterocycles. The fourth-order valence-electron chi connectivity index (χ4n) is 1.85.